The van der Waals surface area contributed by atoms with Gasteiger partial charge in [-0.25, -0.2) is 8.42 Å². The first kappa shape index (κ1) is 20.5. The van der Waals surface area contributed by atoms with Crippen LogP contribution in [-0.2, 0) is 16.4 Å². The van der Waals surface area contributed by atoms with Crippen molar-refractivity contribution in [2.45, 2.75) is 24.8 Å². The third-order valence-corrected chi connectivity index (χ3v) is 6.56. The van der Waals surface area contributed by atoms with E-state index in [-0.39, 0.29) is 22.4 Å². The second-order valence-corrected chi connectivity index (χ2v) is 8.91. The molecule has 0 aliphatic rings. The fraction of sp³-hybridized carbons (Fsp3) is 0.182. The summed E-state index contributed by atoms with van der Waals surface area (Å²) in [4.78, 5) is 13.0. The van der Waals surface area contributed by atoms with E-state index in [0.717, 1.165) is 5.56 Å². The molecule has 0 bridgehead atoms. The van der Waals surface area contributed by atoms with Crippen LogP contribution in [0.2, 0.25) is 0 Å². The van der Waals surface area contributed by atoms with E-state index < -0.39 is 9.84 Å². The lowest BCUT2D eigenvalue weighted by atomic mass is 10.0. The number of nitrogen functional groups attached to an aromatic ring is 1. The van der Waals surface area contributed by atoms with E-state index in [2.05, 4.69) is 5.32 Å². The van der Waals surface area contributed by atoms with Crippen molar-refractivity contribution < 1.29 is 13.2 Å². The van der Waals surface area contributed by atoms with Crippen LogP contribution in [0.1, 0.15) is 34.8 Å². The quantitative estimate of drug-likeness (QED) is 0.411. The van der Waals surface area contributed by atoms with Crippen molar-refractivity contribution in [2.24, 2.45) is 5.73 Å². The number of hydrogen-bond acceptors (Lipinski definition) is 4. The molecule has 0 spiro atoms. The van der Waals surface area contributed by atoms with Gasteiger partial charge in [0.05, 0.1) is 10.6 Å². The monoisotopic (exact) mass is 409 g/mol. The van der Waals surface area contributed by atoms with Gasteiger partial charge in [-0.3, -0.25) is 10.2 Å². The number of rotatable bonds is 7. The second-order valence-electron chi connectivity index (χ2n) is 6.80. The minimum atomic E-state index is -3.32. The van der Waals surface area contributed by atoms with Crippen LogP contribution in [0.15, 0.2) is 65.6 Å². The molecule has 1 amide bonds. The molecule has 0 aliphatic heterocycles. The number of nitrogens with one attached hydrogen (secondary N) is 2. The maximum Gasteiger partial charge on any atom is 0.252 e. The van der Waals surface area contributed by atoms with Gasteiger partial charge in [0.1, 0.15) is 5.84 Å². The van der Waals surface area contributed by atoms with Crippen LogP contribution >= 0.6 is 0 Å². The highest BCUT2D eigenvalue weighted by molar-refractivity contribution is 7.91. The van der Waals surface area contributed by atoms with E-state index in [0.29, 0.717) is 34.9 Å². The molecule has 0 fully saturated rings. The molecule has 0 heterocycles. The Morgan fingerprint density at radius 3 is 2.45 bits per heavy atom. The minimum Gasteiger partial charge on any atom is -0.384 e. The molecule has 29 heavy (non-hydrogen) atoms. The average Bonchev–Trinajstić information content (AvgIpc) is 2.71. The van der Waals surface area contributed by atoms with Crippen LogP contribution in [-0.4, -0.2) is 25.9 Å². The lowest BCUT2D eigenvalue weighted by molar-refractivity contribution is 0.0952. The smallest absolute Gasteiger partial charge is 0.252 e. The highest BCUT2D eigenvalue weighted by Gasteiger charge is 2.16. The van der Waals surface area contributed by atoms with Crippen LogP contribution in [0, 0.1) is 5.41 Å². The summed E-state index contributed by atoms with van der Waals surface area (Å²) in [6, 6.07) is 17.2. The molecular formula is C22H23N3O3S. The normalized spacial score (nSPS) is 11.3. The molecule has 0 radical (unpaired) electrons. The van der Waals surface area contributed by atoms with Gasteiger partial charge in [-0.15, -0.1) is 0 Å². The maximum absolute atomic E-state index is 12.7. The number of fused-ring (bicyclic) bond motifs is 1. The van der Waals surface area contributed by atoms with Gasteiger partial charge < -0.3 is 11.1 Å². The van der Waals surface area contributed by atoms with E-state index in [4.69, 9.17) is 11.1 Å². The second kappa shape index (κ2) is 8.45. The number of carbonyl (C=O) groups is 1. The summed E-state index contributed by atoms with van der Waals surface area (Å²) in [5.74, 6) is -0.145. The van der Waals surface area contributed by atoms with Crippen LogP contribution in [0.25, 0.3) is 10.8 Å². The topological polar surface area (TPSA) is 113 Å². The molecule has 150 valence electrons. The van der Waals surface area contributed by atoms with Gasteiger partial charge in [0, 0.05) is 17.7 Å². The summed E-state index contributed by atoms with van der Waals surface area (Å²) in [6.07, 6.45) is 0.552. The lowest BCUT2D eigenvalue weighted by Gasteiger charge is -2.10. The van der Waals surface area contributed by atoms with Crippen LogP contribution in [0.4, 0.5) is 0 Å². The van der Waals surface area contributed by atoms with Crippen molar-refractivity contribution in [3.63, 3.8) is 0 Å². The standard InChI is InChI=1S/C22H23N3O3S/c1-2-12-29(27,28)18-10-11-19-17(13-18)4-3-5-20(19)22(26)25-14-15-6-8-16(9-7-15)21(23)24/h3-11,13H,2,12,14H2,1H3,(H3,23,24)(H,25,26). The summed E-state index contributed by atoms with van der Waals surface area (Å²) in [5.41, 5.74) is 7.45. The number of hydrogen-bond donors (Lipinski definition) is 3. The van der Waals surface area contributed by atoms with Gasteiger partial charge in [0.15, 0.2) is 9.84 Å². The summed E-state index contributed by atoms with van der Waals surface area (Å²) in [6.45, 7) is 2.16. The fourth-order valence-corrected chi connectivity index (χ4v) is 4.47. The third kappa shape index (κ3) is 4.63. The Kier molecular flexibility index (Phi) is 5.98. The molecule has 7 heteroatoms. The van der Waals surface area contributed by atoms with Crippen molar-refractivity contribution in [2.75, 3.05) is 5.75 Å². The van der Waals surface area contributed by atoms with Crippen molar-refractivity contribution in [3.05, 3.63) is 77.4 Å². The van der Waals surface area contributed by atoms with E-state index in [1.54, 1.807) is 48.5 Å². The largest absolute Gasteiger partial charge is 0.384 e. The Morgan fingerprint density at radius 1 is 1.07 bits per heavy atom. The van der Waals surface area contributed by atoms with Gasteiger partial charge in [-0.2, -0.15) is 0 Å². The Balaban J connectivity index is 1.81. The molecule has 0 atom stereocenters. The fourth-order valence-electron chi connectivity index (χ4n) is 3.12. The maximum atomic E-state index is 12.7. The number of amidine groups is 1. The zero-order valence-corrected chi connectivity index (χ0v) is 16.9. The number of sulfone groups is 1. The zero-order valence-electron chi connectivity index (χ0n) is 16.1. The SMILES string of the molecule is CCCS(=O)(=O)c1ccc2c(C(=O)NCc3ccc(C(=N)N)cc3)cccc2c1. The number of benzene rings is 3. The molecule has 0 aromatic heterocycles. The molecule has 0 saturated heterocycles. The summed E-state index contributed by atoms with van der Waals surface area (Å²) >= 11 is 0. The Bertz CT molecular complexity index is 1170. The molecular weight excluding hydrogens is 386 g/mol. The molecule has 0 aliphatic carbocycles. The van der Waals surface area contributed by atoms with Crippen LogP contribution in [0.5, 0.6) is 0 Å². The molecule has 0 unspecified atom stereocenters. The highest BCUT2D eigenvalue weighted by atomic mass is 32.2. The molecule has 3 rings (SSSR count). The van der Waals surface area contributed by atoms with Crippen molar-refractivity contribution in [3.8, 4) is 0 Å². The van der Waals surface area contributed by atoms with Gasteiger partial charge in [-0.05, 0) is 41.0 Å². The molecule has 3 aromatic carbocycles. The van der Waals surface area contributed by atoms with Crippen molar-refractivity contribution in [1.82, 2.24) is 5.32 Å². The Labute approximate surface area is 170 Å². The van der Waals surface area contributed by atoms with Crippen molar-refractivity contribution >= 4 is 32.4 Å². The Hall–Kier alpha value is -3.19. The van der Waals surface area contributed by atoms with Crippen LogP contribution in [0.3, 0.4) is 0 Å². The molecule has 3 aromatic rings. The summed E-state index contributed by atoms with van der Waals surface area (Å²) in [7, 11) is -3.32. The van der Waals surface area contributed by atoms with Crippen LogP contribution < -0.4 is 11.1 Å². The van der Waals surface area contributed by atoms with E-state index >= 15 is 0 Å². The van der Waals surface area contributed by atoms with Gasteiger partial charge in [0.25, 0.3) is 5.91 Å². The first-order valence-electron chi connectivity index (χ1n) is 9.29. The highest BCUT2D eigenvalue weighted by Crippen LogP contribution is 2.23. The first-order valence-corrected chi connectivity index (χ1v) is 10.9. The summed E-state index contributed by atoms with van der Waals surface area (Å²) in [5, 5.41) is 11.7. The predicted octanol–water partition coefficient (Wildman–Crippen LogP) is 3.24. The van der Waals surface area contributed by atoms with E-state index in [9.17, 15) is 13.2 Å². The minimum absolute atomic E-state index is 0.00309. The third-order valence-electron chi connectivity index (χ3n) is 4.65. The van der Waals surface area contributed by atoms with Gasteiger partial charge in [-0.1, -0.05) is 49.4 Å². The van der Waals surface area contributed by atoms with Gasteiger partial charge >= 0.3 is 0 Å². The summed E-state index contributed by atoms with van der Waals surface area (Å²) < 4.78 is 24.6. The van der Waals surface area contributed by atoms with Crippen molar-refractivity contribution in [1.29, 1.82) is 5.41 Å². The first-order chi connectivity index (χ1) is 13.8. The lowest BCUT2D eigenvalue weighted by Crippen LogP contribution is -2.23. The number of amides is 1. The number of carbonyl (C=O) groups excluding carboxylic acids is 1. The van der Waals surface area contributed by atoms with Gasteiger partial charge in [0.2, 0.25) is 0 Å². The number of nitrogens with two attached hydrogens (primary N) is 1. The zero-order chi connectivity index (χ0) is 21.0. The Morgan fingerprint density at radius 2 is 1.79 bits per heavy atom. The van der Waals surface area contributed by atoms with E-state index in [1.165, 1.54) is 0 Å². The van der Waals surface area contributed by atoms with E-state index in [1.807, 2.05) is 19.1 Å². The molecule has 0 saturated carbocycles. The molecule has 4 N–H and O–H groups in total. The molecule has 6 nitrogen and oxygen atoms in total. The predicted molar refractivity (Wildman–Crippen MR) is 115 cm³/mol. The average molecular weight is 410 g/mol.